The Bertz CT molecular complexity index is 437. The summed E-state index contributed by atoms with van der Waals surface area (Å²) in [4.78, 5) is 16.5. The van der Waals surface area contributed by atoms with Crippen LogP contribution < -0.4 is 5.73 Å². The van der Waals surface area contributed by atoms with Gasteiger partial charge in [-0.3, -0.25) is 0 Å². The van der Waals surface area contributed by atoms with Crippen LogP contribution in [0.25, 0.3) is 0 Å². The molecule has 1 rings (SSSR count). The summed E-state index contributed by atoms with van der Waals surface area (Å²) < 4.78 is 5.93. The summed E-state index contributed by atoms with van der Waals surface area (Å²) in [6, 6.07) is -0.575. The number of hydrogen-bond donors (Lipinski definition) is 1. The first-order chi connectivity index (χ1) is 7.70. The van der Waals surface area contributed by atoms with E-state index in [1.165, 1.54) is 11.3 Å². The summed E-state index contributed by atoms with van der Waals surface area (Å²) in [6.45, 7) is 9.08. The Morgan fingerprint density at radius 3 is 2.65 bits per heavy atom. The lowest BCUT2D eigenvalue weighted by atomic mass is 10.1. The van der Waals surface area contributed by atoms with Crippen molar-refractivity contribution in [2.75, 3.05) is 0 Å². The molecule has 4 nitrogen and oxygen atoms in total. The fraction of sp³-hybridized carbons (Fsp3) is 0.455. The summed E-state index contributed by atoms with van der Waals surface area (Å²) >= 11 is 4.61. The third-order valence-corrected chi connectivity index (χ3v) is 3.40. The largest absolute Gasteiger partial charge is 0.457 e. The fourth-order valence-corrected chi connectivity index (χ4v) is 2.39. The molecule has 2 N–H and O–H groups in total. The van der Waals surface area contributed by atoms with Gasteiger partial charge in [0.15, 0.2) is 3.92 Å². The van der Waals surface area contributed by atoms with Crippen LogP contribution in [0.4, 0.5) is 0 Å². The standard InChI is InChI=1S/C11H15BrN2O2S/c1-6(9(15)16-11(2,3)4)8(13)7-5-14-10(12)17-7/h5,8H,1,13H2,2-4H3. The van der Waals surface area contributed by atoms with Gasteiger partial charge in [0.25, 0.3) is 0 Å². The lowest BCUT2D eigenvalue weighted by Gasteiger charge is -2.21. The van der Waals surface area contributed by atoms with E-state index >= 15 is 0 Å². The monoisotopic (exact) mass is 318 g/mol. The molecule has 0 saturated carbocycles. The number of aromatic nitrogens is 1. The Labute approximate surface area is 113 Å². The first-order valence-electron chi connectivity index (χ1n) is 4.99. The van der Waals surface area contributed by atoms with Crippen LogP contribution in [-0.2, 0) is 9.53 Å². The van der Waals surface area contributed by atoms with E-state index in [0.29, 0.717) is 0 Å². The molecule has 0 aliphatic rings. The van der Waals surface area contributed by atoms with Crippen LogP contribution in [0.5, 0.6) is 0 Å². The summed E-state index contributed by atoms with van der Waals surface area (Å²) in [7, 11) is 0. The topological polar surface area (TPSA) is 65.2 Å². The van der Waals surface area contributed by atoms with Crippen molar-refractivity contribution in [1.82, 2.24) is 4.98 Å². The van der Waals surface area contributed by atoms with E-state index < -0.39 is 17.6 Å². The molecule has 1 heterocycles. The predicted molar refractivity (Wildman–Crippen MR) is 71.7 cm³/mol. The first-order valence-corrected chi connectivity index (χ1v) is 6.60. The third kappa shape index (κ3) is 4.22. The molecular formula is C11H15BrN2O2S. The number of ether oxygens (including phenoxy) is 1. The molecule has 1 aromatic heterocycles. The van der Waals surface area contributed by atoms with Crippen molar-refractivity contribution < 1.29 is 9.53 Å². The van der Waals surface area contributed by atoms with Gasteiger partial charge < -0.3 is 10.5 Å². The van der Waals surface area contributed by atoms with Gasteiger partial charge in [-0.2, -0.15) is 0 Å². The highest BCUT2D eigenvalue weighted by Crippen LogP contribution is 2.28. The van der Waals surface area contributed by atoms with E-state index in [2.05, 4.69) is 27.5 Å². The minimum Gasteiger partial charge on any atom is -0.457 e. The highest BCUT2D eigenvalue weighted by Gasteiger charge is 2.24. The molecule has 0 saturated heterocycles. The summed E-state index contributed by atoms with van der Waals surface area (Å²) in [5.74, 6) is -0.477. The van der Waals surface area contributed by atoms with Crippen molar-refractivity contribution in [2.24, 2.45) is 5.73 Å². The highest BCUT2D eigenvalue weighted by atomic mass is 79.9. The quantitative estimate of drug-likeness (QED) is 0.687. The first kappa shape index (κ1) is 14.3. The molecule has 1 aromatic rings. The van der Waals surface area contributed by atoms with E-state index in [0.717, 1.165) is 8.79 Å². The van der Waals surface area contributed by atoms with E-state index in [9.17, 15) is 4.79 Å². The maximum Gasteiger partial charge on any atom is 0.335 e. The molecule has 0 radical (unpaired) electrons. The summed E-state index contributed by atoms with van der Waals surface area (Å²) in [5.41, 5.74) is 5.61. The van der Waals surface area contributed by atoms with Gasteiger partial charge in [0.2, 0.25) is 0 Å². The van der Waals surface area contributed by atoms with Crippen molar-refractivity contribution in [1.29, 1.82) is 0 Å². The second-order valence-corrected chi connectivity index (χ2v) is 6.86. The number of hydrogen-bond acceptors (Lipinski definition) is 5. The van der Waals surface area contributed by atoms with Gasteiger partial charge in [0.05, 0.1) is 11.6 Å². The number of halogens is 1. The number of carbonyl (C=O) groups is 1. The number of esters is 1. The van der Waals surface area contributed by atoms with Crippen molar-refractivity contribution in [3.8, 4) is 0 Å². The molecule has 0 aliphatic carbocycles. The van der Waals surface area contributed by atoms with Gasteiger partial charge in [-0.05, 0) is 36.7 Å². The van der Waals surface area contributed by atoms with E-state index in [1.54, 1.807) is 27.0 Å². The van der Waals surface area contributed by atoms with Gasteiger partial charge in [0, 0.05) is 11.1 Å². The molecule has 0 spiro atoms. The Balaban J connectivity index is 2.74. The van der Waals surface area contributed by atoms with Crippen molar-refractivity contribution in [3.63, 3.8) is 0 Å². The maximum absolute atomic E-state index is 11.8. The number of rotatable bonds is 3. The zero-order valence-electron chi connectivity index (χ0n) is 9.99. The number of thiazole rings is 1. The SMILES string of the molecule is C=C(C(=O)OC(C)(C)C)C(N)c1cnc(Br)s1. The molecule has 6 heteroatoms. The van der Waals surface area contributed by atoms with E-state index in [1.807, 2.05) is 0 Å². The molecular weight excluding hydrogens is 304 g/mol. The Hall–Kier alpha value is -0.720. The van der Waals surface area contributed by atoms with E-state index in [-0.39, 0.29) is 5.57 Å². The Morgan fingerprint density at radius 1 is 1.65 bits per heavy atom. The summed E-state index contributed by atoms with van der Waals surface area (Å²) in [6.07, 6.45) is 1.62. The average Bonchev–Trinajstić information content (AvgIpc) is 2.60. The summed E-state index contributed by atoms with van der Waals surface area (Å²) in [5, 5.41) is 0. The molecule has 17 heavy (non-hydrogen) atoms. The smallest absolute Gasteiger partial charge is 0.335 e. The third-order valence-electron chi connectivity index (χ3n) is 1.84. The molecule has 1 atom stereocenters. The van der Waals surface area contributed by atoms with Gasteiger partial charge in [0.1, 0.15) is 5.60 Å². The Kier molecular flexibility index (Phi) is 4.46. The minimum atomic E-state index is -0.575. The second kappa shape index (κ2) is 5.29. The number of nitrogens with zero attached hydrogens (tertiary/aromatic N) is 1. The maximum atomic E-state index is 11.8. The van der Waals surface area contributed by atoms with Crippen LogP contribution in [0, 0.1) is 0 Å². The van der Waals surface area contributed by atoms with Crippen LogP contribution in [0.3, 0.4) is 0 Å². The molecule has 1 unspecified atom stereocenters. The van der Waals surface area contributed by atoms with Gasteiger partial charge >= 0.3 is 5.97 Å². The van der Waals surface area contributed by atoms with Crippen LogP contribution in [-0.4, -0.2) is 16.6 Å². The number of nitrogens with two attached hydrogens (primary N) is 1. The van der Waals surface area contributed by atoms with Crippen LogP contribution >= 0.6 is 27.3 Å². The van der Waals surface area contributed by atoms with E-state index in [4.69, 9.17) is 10.5 Å². The molecule has 94 valence electrons. The van der Waals surface area contributed by atoms with Gasteiger partial charge in [-0.1, -0.05) is 6.58 Å². The normalized spacial score (nSPS) is 13.2. The number of carbonyl (C=O) groups excluding carboxylic acids is 1. The lowest BCUT2D eigenvalue weighted by molar-refractivity contribution is -0.150. The molecule has 0 aromatic carbocycles. The highest BCUT2D eigenvalue weighted by molar-refractivity contribution is 9.11. The van der Waals surface area contributed by atoms with Crippen LogP contribution in [0.1, 0.15) is 31.7 Å². The van der Waals surface area contributed by atoms with Crippen molar-refractivity contribution in [3.05, 3.63) is 27.1 Å². The van der Waals surface area contributed by atoms with Crippen molar-refractivity contribution in [2.45, 2.75) is 32.4 Å². The average molecular weight is 319 g/mol. The molecule has 0 amide bonds. The molecule has 0 fully saturated rings. The van der Waals surface area contributed by atoms with Crippen molar-refractivity contribution >= 4 is 33.2 Å². The Morgan fingerprint density at radius 2 is 2.24 bits per heavy atom. The van der Waals surface area contributed by atoms with Crippen LogP contribution in [0.15, 0.2) is 22.3 Å². The van der Waals surface area contributed by atoms with Crippen LogP contribution in [0.2, 0.25) is 0 Å². The van der Waals surface area contributed by atoms with Gasteiger partial charge in [-0.15, -0.1) is 11.3 Å². The lowest BCUT2D eigenvalue weighted by Crippen LogP contribution is -2.28. The second-order valence-electron chi connectivity index (χ2n) is 4.52. The predicted octanol–water partition coefficient (Wildman–Crippen LogP) is 2.80. The molecule has 0 aliphatic heterocycles. The van der Waals surface area contributed by atoms with Gasteiger partial charge in [-0.25, -0.2) is 9.78 Å². The molecule has 0 bridgehead atoms. The fourth-order valence-electron chi connectivity index (χ4n) is 1.05. The zero-order valence-corrected chi connectivity index (χ0v) is 12.4. The zero-order chi connectivity index (χ0) is 13.2. The minimum absolute atomic E-state index is 0.232.